The predicted molar refractivity (Wildman–Crippen MR) is 143 cm³/mol. The second-order valence-corrected chi connectivity index (χ2v) is 11.2. The number of hydrogen-bond acceptors (Lipinski definition) is 9. The largest absolute Gasteiger partial charge is 0.384 e. The van der Waals surface area contributed by atoms with Gasteiger partial charge in [-0.15, -0.1) is 10.2 Å². The average Bonchev–Trinajstić information content (AvgIpc) is 3.47. The van der Waals surface area contributed by atoms with Gasteiger partial charge >= 0.3 is 0 Å². The Labute approximate surface area is 222 Å². The van der Waals surface area contributed by atoms with Crippen molar-refractivity contribution in [3.05, 3.63) is 88.4 Å². The van der Waals surface area contributed by atoms with Gasteiger partial charge in [-0.2, -0.15) is 5.26 Å². The Kier molecular flexibility index (Phi) is 5.62. The van der Waals surface area contributed by atoms with Crippen molar-refractivity contribution in [3.63, 3.8) is 0 Å². The molecule has 2 aromatic carbocycles. The van der Waals surface area contributed by atoms with Gasteiger partial charge in [0.1, 0.15) is 17.3 Å². The molecule has 1 atom stereocenters. The van der Waals surface area contributed by atoms with E-state index in [2.05, 4.69) is 28.4 Å². The van der Waals surface area contributed by atoms with Crippen LogP contribution in [0.3, 0.4) is 0 Å². The number of carbonyl (C=O) groups excluding carboxylic acids is 2. The number of allylic oxidation sites excluding steroid dienone is 1. The van der Waals surface area contributed by atoms with Crippen LogP contribution in [-0.2, 0) is 20.8 Å². The molecule has 3 aromatic rings. The van der Waals surface area contributed by atoms with Gasteiger partial charge in [-0.25, -0.2) is 0 Å². The fourth-order valence-electron chi connectivity index (χ4n) is 5.52. The summed E-state index contributed by atoms with van der Waals surface area (Å²) in [6.07, 6.45) is 1.47. The Balaban J connectivity index is 1.49. The van der Waals surface area contributed by atoms with Crippen molar-refractivity contribution in [2.75, 3.05) is 16.8 Å². The fourth-order valence-corrected chi connectivity index (χ4v) is 7.36. The monoisotopic (exact) mass is 526 g/mol. The zero-order valence-corrected chi connectivity index (χ0v) is 21.6. The molecular formula is C27H22N6O2S2. The highest BCUT2D eigenvalue weighted by Crippen LogP contribution is 2.56. The summed E-state index contributed by atoms with van der Waals surface area (Å²) in [6.45, 7) is 0. The number of rotatable bonds is 4. The predicted octanol–water partition coefficient (Wildman–Crippen LogP) is 4.27. The summed E-state index contributed by atoms with van der Waals surface area (Å²) in [4.78, 5) is 30.8. The first kappa shape index (κ1) is 23.5. The van der Waals surface area contributed by atoms with Gasteiger partial charge in [0.2, 0.25) is 11.0 Å². The number of hydrogen-bond donors (Lipinski definition) is 1. The van der Waals surface area contributed by atoms with Crippen molar-refractivity contribution in [3.8, 4) is 6.07 Å². The van der Waals surface area contributed by atoms with Crippen LogP contribution in [-0.4, -0.2) is 28.9 Å². The zero-order chi connectivity index (χ0) is 25.7. The van der Waals surface area contributed by atoms with Crippen molar-refractivity contribution in [1.29, 1.82) is 5.26 Å². The van der Waals surface area contributed by atoms with E-state index in [9.17, 15) is 14.9 Å². The number of amides is 1. The third-order valence-electron chi connectivity index (χ3n) is 7.10. The third kappa shape index (κ3) is 3.35. The van der Waals surface area contributed by atoms with E-state index in [1.165, 1.54) is 21.8 Å². The smallest absolute Gasteiger partial charge is 0.247 e. The quantitative estimate of drug-likeness (QED) is 0.501. The van der Waals surface area contributed by atoms with E-state index in [1.807, 2.05) is 42.5 Å². The Hall–Kier alpha value is -3.94. The number of para-hydroxylation sites is 1. The van der Waals surface area contributed by atoms with Gasteiger partial charge in [-0.3, -0.25) is 14.5 Å². The number of thioether (sulfide) groups is 1. The maximum absolute atomic E-state index is 14.0. The molecule has 0 bridgehead atoms. The number of ketones is 1. The number of carbonyl (C=O) groups is 2. The van der Waals surface area contributed by atoms with Gasteiger partial charge in [0.25, 0.3) is 0 Å². The number of benzene rings is 2. The molecule has 8 nitrogen and oxygen atoms in total. The van der Waals surface area contributed by atoms with E-state index >= 15 is 0 Å². The van der Waals surface area contributed by atoms with Crippen LogP contribution < -0.4 is 15.5 Å². The molecule has 0 saturated carbocycles. The van der Waals surface area contributed by atoms with Crippen LogP contribution in [0, 0.1) is 11.3 Å². The Bertz CT molecular complexity index is 1550. The third-order valence-corrected chi connectivity index (χ3v) is 9.21. The summed E-state index contributed by atoms with van der Waals surface area (Å²) >= 11 is 2.91. The molecule has 1 aromatic heterocycles. The van der Waals surface area contributed by atoms with E-state index in [0.29, 0.717) is 46.9 Å². The molecule has 0 fully saturated rings. The molecule has 0 radical (unpaired) electrons. The van der Waals surface area contributed by atoms with Crippen LogP contribution >= 0.6 is 23.1 Å². The lowest BCUT2D eigenvalue weighted by molar-refractivity contribution is -0.124. The summed E-state index contributed by atoms with van der Waals surface area (Å²) < 4.78 is 0.747. The highest BCUT2D eigenvalue weighted by molar-refractivity contribution is 8.00. The maximum Gasteiger partial charge on any atom is 0.247 e. The van der Waals surface area contributed by atoms with Crippen LogP contribution in [0.2, 0.25) is 0 Å². The lowest BCUT2D eigenvalue weighted by atomic mass is 9.64. The van der Waals surface area contributed by atoms with Crippen LogP contribution in [0.4, 0.5) is 10.8 Å². The number of likely N-dealkylation sites (N-methyl/N-ethyl adjacent to an activating group) is 1. The number of Topliss-reactive ketones (excluding diaryl/α,β-unsaturated/α-hetero) is 1. The molecular weight excluding hydrogens is 504 g/mol. The minimum absolute atomic E-state index is 0.0528. The van der Waals surface area contributed by atoms with E-state index in [-0.39, 0.29) is 23.1 Å². The summed E-state index contributed by atoms with van der Waals surface area (Å²) in [5, 5.41) is 19.6. The first-order valence-electron chi connectivity index (χ1n) is 11.8. The number of anilines is 2. The zero-order valence-electron chi connectivity index (χ0n) is 20.0. The lowest BCUT2D eigenvalue weighted by Crippen LogP contribution is -2.52. The van der Waals surface area contributed by atoms with Gasteiger partial charge < -0.3 is 10.6 Å². The molecule has 3 aliphatic rings. The van der Waals surface area contributed by atoms with E-state index in [4.69, 9.17) is 5.73 Å². The summed E-state index contributed by atoms with van der Waals surface area (Å²) in [5.41, 5.74) is 8.62. The van der Waals surface area contributed by atoms with Gasteiger partial charge in [0.15, 0.2) is 10.1 Å². The van der Waals surface area contributed by atoms with Crippen molar-refractivity contribution in [1.82, 2.24) is 10.2 Å². The van der Waals surface area contributed by atoms with Gasteiger partial charge in [-0.05, 0) is 24.5 Å². The van der Waals surface area contributed by atoms with Gasteiger partial charge in [0, 0.05) is 41.7 Å². The number of fused-ring (bicyclic) bond motifs is 3. The molecule has 0 unspecified atom stereocenters. The van der Waals surface area contributed by atoms with Crippen molar-refractivity contribution in [2.45, 2.75) is 34.8 Å². The van der Waals surface area contributed by atoms with Crippen LogP contribution in [0.15, 0.2) is 81.6 Å². The molecule has 1 amide bonds. The standard InChI is InChI=1S/C27H22N6O2S2/c1-32-19-11-6-5-10-17(19)27(24(32)35)18(14-28)23(29)33(20-12-7-13-21(34)22(20)27)25-30-31-26(37-25)36-15-16-8-3-2-4-9-16/h2-6,8-11H,7,12-13,15,29H2,1H3/t27-/m1/s1. The minimum Gasteiger partial charge on any atom is -0.384 e. The molecule has 184 valence electrons. The van der Waals surface area contributed by atoms with Crippen molar-refractivity contribution in [2.24, 2.45) is 5.73 Å². The second-order valence-electron chi connectivity index (χ2n) is 9.06. The van der Waals surface area contributed by atoms with E-state index in [0.717, 1.165) is 10.1 Å². The fraction of sp³-hybridized carbons (Fsp3) is 0.222. The topological polar surface area (TPSA) is 116 Å². The highest BCUT2D eigenvalue weighted by Gasteiger charge is 2.61. The number of nitriles is 1. The summed E-state index contributed by atoms with van der Waals surface area (Å²) in [7, 11) is 1.67. The number of nitrogens with zero attached hydrogens (tertiary/aromatic N) is 5. The van der Waals surface area contributed by atoms with Crippen LogP contribution in [0.5, 0.6) is 0 Å². The number of aromatic nitrogens is 2. The van der Waals surface area contributed by atoms with Gasteiger partial charge in [0.05, 0.1) is 5.57 Å². The molecule has 10 heteroatoms. The summed E-state index contributed by atoms with van der Waals surface area (Å²) in [5.74, 6) is 0.363. The molecule has 3 heterocycles. The Morgan fingerprint density at radius 1 is 1.11 bits per heavy atom. The Morgan fingerprint density at radius 2 is 1.86 bits per heavy atom. The molecule has 2 aliphatic heterocycles. The van der Waals surface area contributed by atoms with Crippen molar-refractivity contribution >= 4 is 45.6 Å². The molecule has 0 saturated heterocycles. The Morgan fingerprint density at radius 3 is 2.65 bits per heavy atom. The lowest BCUT2D eigenvalue weighted by Gasteiger charge is -2.42. The molecule has 37 heavy (non-hydrogen) atoms. The van der Waals surface area contributed by atoms with Gasteiger partial charge in [-0.1, -0.05) is 71.6 Å². The summed E-state index contributed by atoms with van der Waals surface area (Å²) in [6, 6.07) is 19.6. The van der Waals surface area contributed by atoms with E-state index < -0.39 is 5.41 Å². The first-order valence-corrected chi connectivity index (χ1v) is 13.6. The second kappa shape index (κ2) is 8.87. The molecule has 1 aliphatic carbocycles. The highest BCUT2D eigenvalue weighted by atomic mass is 32.2. The van der Waals surface area contributed by atoms with E-state index in [1.54, 1.807) is 23.7 Å². The van der Waals surface area contributed by atoms with Crippen LogP contribution in [0.1, 0.15) is 30.4 Å². The SMILES string of the molecule is CN1C(=O)[C@@]2(C(C#N)=C(N)N(c3nnc(SCc4ccccc4)s3)C3=C2C(=O)CCC3)c2ccccc21. The molecule has 2 N–H and O–H groups in total. The number of nitrogens with two attached hydrogens (primary N) is 1. The molecule has 6 rings (SSSR count). The average molecular weight is 527 g/mol. The molecule has 1 spiro atoms. The maximum atomic E-state index is 14.0. The van der Waals surface area contributed by atoms with Crippen LogP contribution in [0.25, 0.3) is 0 Å². The first-order chi connectivity index (χ1) is 18.0. The van der Waals surface area contributed by atoms with Crippen molar-refractivity contribution < 1.29 is 9.59 Å². The minimum atomic E-state index is -1.55. The normalized spacial score (nSPS) is 21.0.